The number of anilines is 1. The molecule has 1 aromatic carbocycles. The van der Waals surface area contributed by atoms with E-state index in [1.54, 1.807) is 10.9 Å². The summed E-state index contributed by atoms with van der Waals surface area (Å²) in [5.41, 5.74) is 0.295. The standard InChI is InChI=1S/C31H45ClN5O7P/c1-19(20-13-11-10-12-14-20)34-26-21-15-33-37(27(21)36-28(32)35-26)16-22-24-25(42-31(8,9)41-24)23(40-22)17-39-18-45(38,43-29(2,3)4)44-30(5,6)7/h10-15,19,22-25H,16-18H2,1-9H3,(H,34,35,36)/t19?,22-,23-,24+,25-/m1/s1. The summed E-state index contributed by atoms with van der Waals surface area (Å²) in [4.78, 5) is 8.94. The predicted molar refractivity (Wildman–Crippen MR) is 171 cm³/mol. The maximum absolute atomic E-state index is 13.6. The molecule has 0 saturated carbocycles. The van der Waals surface area contributed by atoms with Crippen LogP contribution in [0.1, 0.15) is 73.9 Å². The number of aromatic nitrogens is 4. The molecule has 0 amide bonds. The lowest BCUT2D eigenvalue weighted by Gasteiger charge is -2.32. The fraction of sp³-hybridized carbons (Fsp3) is 0.645. The number of rotatable bonds is 11. The van der Waals surface area contributed by atoms with Gasteiger partial charge in [0.25, 0.3) is 0 Å². The van der Waals surface area contributed by atoms with Crippen LogP contribution in [-0.2, 0) is 39.1 Å². The van der Waals surface area contributed by atoms with Gasteiger partial charge in [0.2, 0.25) is 5.28 Å². The summed E-state index contributed by atoms with van der Waals surface area (Å²) >= 11 is 6.38. The van der Waals surface area contributed by atoms with E-state index in [4.69, 9.17) is 39.6 Å². The van der Waals surface area contributed by atoms with Crippen LogP contribution in [-0.4, -0.2) is 74.1 Å². The van der Waals surface area contributed by atoms with Crippen LogP contribution in [0, 0.1) is 0 Å². The van der Waals surface area contributed by atoms with Gasteiger partial charge in [0.1, 0.15) is 36.6 Å². The molecule has 2 aliphatic heterocycles. The zero-order valence-corrected chi connectivity index (χ0v) is 29.1. The molecule has 5 atom stereocenters. The number of benzene rings is 1. The number of halogens is 1. The Morgan fingerprint density at radius 3 is 2.27 bits per heavy atom. The first-order valence-corrected chi connectivity index (χ1v) is 17.3. The maximum atomic E-state index is 13.6. The van der Waals surface area contributed by atoms with Crippen LogP contribution >= 0.6 is 19.2 Å². The van der Waals surface area contributed by atoms with E-state index in [0.717, 1.165) is 10.9 Å². The van der Waals surface area contributed by atoms with Gasteiger partial charge in [-0.1, -0.05) is 30.3 Å². The van der Waals surface area contributed by atoms with Crippen molar-refractivity contribution in [3.8, 4) is 0 Å². The Kier molecular flexibility index (Phi) is 9.73. The normalized spacial score (nSPS) is 24.2. The zero-order chi connectivity index (χ0) is 32.8. The average molecular weight is 666 g/mol. The Labute approximate surface area is 270 Å². The van der Waals surface area contributed by atoms with E-state index in [9.17, 15) is 4.57 Å². The molecule has 248 valence electrons. The molecule has 0 radical (unpaired) electrons. The van der Waals surface area contributed by atoms with Crippen LogP contribution in [0.5, 0.6) is 0 Å². The highest BCUT2D eigenvalue weighted by Crippen LogP contribution is 2.54. The molecule has 2 aliphatic rings. The average Bonchev–Trinajstić information content (AvgIpc) is 3.54. The van der Waals surface area contributed by atoms with Gasteiger partial charge in [-0.2, -0.15) is 15.1 Å². The molecule has 2 saturated heterocycles. The highest BCUT2D eigenvalue weighted by Gasteiger charge is 2.55. The number of nitrogens with zero attached hydrogens (tertiary/aromatic N) is 4. The van der Waals surface area contributed by atoms with Crippen molar-refractivity contribution < 1.29 is 32.6 Å². The number of nitrogens with one attached hydrogen (secondary N) is 1. The highest BCUT2D eigenvalue weighted by atomic mass is 35.5. The number of hydrogen-bond acceptors (Lipinski definition) is 11. The SMILES string of the molecule is CC(Nc1nc(Cl)nc2c1cnn2C[C@H]1O[C@H](COCP(=O)(OC(C)(C)C)OC(C)(C)C)[C@H]2OC(C)(C)O[C@H]21)c1ccccc1. The van der Waals surface area contributed by atoms with Gasteiger partial charge in [-0.15, -0.1) is 0 Å². The van der Waals surface area contributed by atoms with Gasteiger partial charge >= 0.3 is 7.60 Å². The molecule has 45 heavy (non-hydrogen) atoms. The van der Waals surface area contributed by atoms with E-state index in [2.05, 4.69) is 27.3 Å². The van der Waals surface area contributed by atoms with Crippen LogP contribution in [0.3, 0.4) is 0 Å². The second kappa shape index (κ2) is 12.8. The molecule has 12 nitrogen and oxygen atoms in total. The molecular formula is C31H45ClN5O7P. The van der Waals surface area contributed by atoms with Crippen LogP contribution in [0.25, 0.3) is 11.0 Å². The van der Waals surface area contributed by atoms with Crippen molar-refractivity contribution in [2.24, 2.45) is 0 Å². The molecule has 1 unspecified atom stereocenters. The lowest BCUT2D eigenvalue weighted by atomic mass is 10.1. The summed E-state index contributed by atoms with van der Waals surface area (Å²) in [6.07, 6.45) is -0.264. The van der Waals surface area contributed by atoms with Crippen LogP contribution in [0.2, 0.25) is 5.28 Å². The zero-order valence-electron chi connectivity index (χ0n) is 27.4. The van der Waals surface area contributed by atoms with Crippen molar-refractivity contribution >= 4 is 36.0 Å². The highest BCUT2D eigenvalue weighted by molar-refractivity contribution is 7.53. The lowest BCUT2D eigenvalue weighted by molar-refractivity contribution is -0.193. The van der Waals surface area contributed by atoms with Gasteiger partial charge < -0.3 is 33.3 Å². The number of ether oxygens (including phenoxy) is 4. The van der Waals surface area contributed by atoms with Gasteiger partial charge in [0, 0.05) is 6.04 Å². The van der Waals surface area contributed by atoms with Crippen LogP contribution < -0.4 is 5.32 Å². The fourth-order valence-electron chi connectivity index (χ4n) is 5.61. The number of hydrogen-bond donors (Lipinski definition) is 1. The van der Waals surface area contributed by atoms with Crippen molar-refractivity contribution in [2.45, 2.75) is 116 Å². The molecule has 14 heteroatoms. The minimum atomic E-state index is -3.60. The van der Waals surface area contributed by atoms with E-state index in [1.807, 2.05) is 85.7 Å². The molecule has 4 heterocycles. The molecular weight excluding hydrogens is 621 g/mol. The monoisotopic (exact) mass is 665 g/mol. The summed E-state index contributed by atoms with van der Waals surface area (Å²) in [5.74, 6) is -0.233. The maximum Gasteiger partial charge on any atom is 0.357 e. The molecule has 5 rings (SSSR count). The van der Waals surface area contributed by atoms with Crippen molar-refractivity contribution in [1.29, 1.82) is 0 Å². The minimum Gasteiger partial charge on any atom is -0.366 e. The van der Waals surface area contributed by atoms with Crippen molar-refractivity contribution in [3.05, 3.63) is 47.4 Å². The summed E-state index contributed by atoms with van der Waals surface area (Å²) in [6, 6.07) is 10.0. The first-order chi connectivity index (χ1) is 20.9. The summed E-state index contributed by atoms with van der Waals surface area (Å²) in [5, 5.41) is 8.89. The Morgan fingerprint density at radius 1 is 1.02 bits per heavy atom. The Bertz CT molecular complexity index is 1500. The molecule has 0 bridgehead atoms. The van der Waals surface area contributed by atoms with Gasteiger partial charge in [0.15, 0.2) is 11.4 Å². The third-order valence-corrected chi connectivity index (χ3v) is 9.40. The Morgan fingerprint density at radius 2 is 1.64 bits per heavy atom. The fourth-order valence-corrected chi connectivity index (χ4v) is 7.92. The summed E-state index contributed by atoms with van der Waals surface area (Å²) < 4.78 is 52.0. The molecule has 0 spiro atoms. The van der Waals surface area contributed by atoms with E-state index in [1.165, 1.54) is 0 Å². The van der Waals surface area contributed by atoms with Gasteiger partial charge in [-0.25, -0.2) is 4.68 Å². The first-order valence-electron chi connectivity index (χ1n) is 15.2. The van der Waals surface area contributed by atoms with Crippen LogP contribution in [0.4, 0.5) is 5.82 Å². The van der Waals surface area contributed by atoms with Crippen molar-refractivity contribution in [1.82, 2.24) is 19.7 Å². The topological polar surface area (TPSA) is 128 Å². The molecule has 1 N–H and O–H groups in total. The van der Waals surface area contributed by atoms with E-state index in [-0.39, 0.29) is 24.3 Å². The summed E-state index contributed by atoms with van der Waals surface area (Å²) in [6.45, 7) is 17.2. The Hall–Kier alpha value is -2.15. The third-order valence-electron chi connectivity index (χ3n) is 7.08. The van der Waals surface area contributed by atoms with Crippen LogP contribution in [0.15, 0.2) is 36.5 Å². The molecule has 0 aliphatic carbocycles. The third kappa shape index (κ3) is 8.61. The Balaban J connectivity index is 1.31. The van der Waals surface area contributed by atoms with E-state index < -0.39 is 49.0 Å². The molecule has 2 aromatic heterocycles. The predicted octanol–water partition coefficient (Wildman–Crippen LogP) is 6.74. The van der Waals surface area contributed by atoms with Crippen molar-refractivity contribution in [2.75, 3.05) is 18.3 Å². The second-order valence-electron chi connectivity index (χ2n) is 14.0. The van der Waals surface area contributed by atoms with Crippen molar-refractivity contribution in [3.63, 3.8) is 0 Å². The smallest absolute Gasteiger partial charge is 0.357 e. The minimum absolute atomic E-state index is 0.0208. The summed E-state index contributed by atoms with van der Waals surface area (Å²) in [7, 11) is -3.60. The van der Waals surface area contributed by atoms with Gasteiger partial charge in [-0.05, 0) is 79.5 Å². The first kappa shape index (κ1) is 34.2. The lowest BCUT2D eigenvalue weighted by Crippen LogP contribution is -2.33. The largest absolute Gasteiger partial charge is 0.366 e. The quantitative estimate of drug-likeness (QED) is 0.173. The van der Waals surface area contributed by atoms with E-state index in [0.29, 0.717) is 18.0 Å². The molecule has 2 fully saturated rings. The van der Waals surface area contributed by atoms with E-state index >= 15 is 0 Å². The molecule has 3 aromatic rings. The van der Waals surface area contributed by atoms with Gasteiger partial charge in [0.05, 0.1) is 35.9 Å². The van der Waals surface area contributed by atoms with Gasteiger partial charge in [-0.3, -0.25) is 4.57 Å². The second-order valence-corrected chi connectivity index (χ2v) is 16.2. The number of fused-ring (bicyclic) bond motifs is 2.